The molecule has 1 aromatic rings. The molecule has 1 aromatic carbocycles. The Balaban J connectivity index is 2.30. The number of rotatable bonds is 7. The van der Waals surface area contributed by atoms with E-state index in [4.69, 9.17) is 16.9 Å². The Hall–Kier alpha value is -1.64. The number of hydrogen-bond donors (Lipinski definition) is 2. The molecule has 19 heavy (non-hydrogen) atoms. The van der Waals surface area contributed by atoms with Crippen molar-refractivity contribution in [1.82, 2.24) is 5.32 Å². The fourth-order valence-corrected chi connectivity index (χ4v) is 1.44. The van der Waals surface area contributed by atoms with Crippen molar-refractivity contribution in [3.63, 3.8) is 0 Å². The molecule has 0 aliphatic carbocycles. The molecule has 2 unspecified atom stereocenters. The highest BCUT2D eigenvalue weighted by molar-refractivity contribution is 5.23. The number of benzene rings is 1. The minimum absolute atomic E-state index is 0.00886. The van der Waals surface area contributed by atoms with Crippen LogP contribution >= 0.6 is 0 Å². The van der Waals surface area contributed by atoms with Crippen molar-refractivity contribution in [1.29, 1.82) is 0 Å². The van der Waals surface area contributed by atoms with Crippen molar-refractivity contribution in [3.8, 4) is 18.1 Å². The van der Waals surface area contributed by atoms with Crippen molar-refractivity contribution < 1.29 is 13.5 Å². The van der Waals surface area contributed by atoms with E-state index in [2.05, 4.69) is 11.2 Å². The van der Waals surface area contributed by atoms with E-state index >= 15 is 0 Å². The van der Waals surface area contributed by atoms with Crippen molar-refractivity contribution in [2.75, 3.05) is 13.2 Å². The Bertz CT molecular complexity index is 425. The van der Waals surface area contributed by atoms with Crippen molar-refractivity contribution >= 4 is 0 Å². The molecule has 2 atom stereocenters. The van der Waals surface area contributed by atoms with E-state index in [1.165, 1.54) is 0 Å². The van der Waals surface area contributed by atoms with Crippen molar-refractivity contribution in [2.45, 2.75) is 25.4 Å². The molecule has 0 radical (unpaired) electrons. The molecule has 3 nitrogen and oxygen atoms in total. The molecule has 1 rings (SSSR count). The van der Waals surface area contributed by atoms with Crippen LogP contribution in [0.3, 0.4) is 0 Å². The summed E-state index contributed by atoms with van der Waals surface area (Å²) in [5.41, 5.74) is 5.82. The first-order valence-corrected chi connectivity index (χ1v) is 6.05. The van der Waals surface area contributed by atoms with Gasteiger partial charge >= 0.3 is 0 Å². The second kappa shape index (κ2) is 7.72. The minimum atomic E-state index is -0.673. The largest absolute Gasteiger partial charge is 0.492 e. The lowest BCUT2D eigenvalue weighted by atomic mass is 10.2. The second-order valence-electron chi connectivity index (χ2n) is 4.31. The van der Waals surface area contributed by atoms with Gasteiger partial charge in [0.2, 0.25) is 0 Å². The van der Waals surface area contributed by atoms with E-state index in [0.29, 0.717) is 13.0 Å². The topological polar surface area (TPSA) is 47.3 Å². The summed E-state index contributed by atoms with van der Waals surface area (Å²) >= 11 is 0. The van der Waals surface area contributed by atoms with E-state index in [1.54, 1.807) is 0 Å². The SMILES string of the molecule is C#CC(C)NCCC(N)COc1cc(F)cc(F)c1. The lowest BCUT2D eigenvalue weighted by Gasteiger charge is -2.14. The maximum atomic E-state index is 12.9. The van der Waals surface area contributed by atoms with Gasteiger partial charge in [0.1, 0.15) is 24.0 Å². The van der Waals surface area contributed by atoms with Crippen LogP contribution in [0.4, 0.5) is 8.78 Å². The lowest BCUT2D eigenvalue weighted by molar-refractivity contribution is 0.278. The van der Waals surface area contributed by atoms with Crippen LogP contribution in [0.1, 0.15) is 13.3 Å². The molecule has 0 amide bonds. The van der Waals surface area contributed by atoms with Crippen LogP contribution in [0.15, 0.2) is 18.2 Å². The molecule has 0 aliphatic heterocycles. The number of nitrogens with two attached hydrogens (primary N) is 1. The number of hydrogen-bond acceptors (Lipinski definition) is 3. The van der Waals surface area contributed by atoms with Gasteiger partial charge in [0.05, 0.1) is 6.04 Å². The van der Waals surface area contributed by atoms with Gasteiger partial charge in [-0.05, 0) is 19.9 Å². The Labute approximate surface area is 112 Å². The maximum Gasteiger partial charge on any atom is 0.129 e. The molecular weight excluding hydrogens is 250 g/mol. The zero-order valence-electron chi connectivity index (χ0n) is 10.8. The summed E-state index contributed by atoms with van der Waals surface area (Å²) in [5, 5.41) is 3.09. The summed E-state index contributed by atoms with van der Waals surface area (Å²) < 4.78 is 31.0. The number of halogens is 2. The van der Waals surface area contributed by atoms with E-state index in [-0.39, 0.29) is 24.4 Å². The Morgan fingerprint density at radius 3 is 2.58 bits per heavy atom. The van der Waals surface area contributed by atoms with Crippen LogP contribution in [-0.2, 0) is 0 Å². The van der Waals surface area contributed by atoms with Crippen LogP contribution in [0, 0.1) is 24.0 Å². The van der Waals surface area contributed by atoms with Gasteiger partial charge in [0.15, 0.2) is 0 Å². The predicted octanol–water partition coefficient (Wildman–Crippen LogP) is 1.67. The number of nitrogens with one attached hydrogen (secondary N) is 1. The van der Waals surface area contributed by atoms with Gasteiger partial charge in [-0.1, -0.05) is 5.92 Å². The van der Waals surface area contributed by atoms with Crippen LogP contribution < -0.4 is 15.8 Å². The van der Waals surface area contributed by atoms with Crippen molar-refractivity contribution in [2.24, 2.45) is 5.73 Å². The minimum Gasteiger partial charge on any atom is -0.492 e. The van der Waals surface area contributed by atoms with Gasteiger partial charge in [0.25, 0.3) is 0 Å². The molecule has 0 saturated carbocycles. The average molecular weight is 268 g/mol. The Morgan fingerprint density at radius 1 is 1.37 bits per heavy atom. The zero-order valence-corrected chi connectivity index (χ0v) is 10.8. The first kappa shape index (κ1) is 15.4. The molecule has 3 N–H and O–H groups in total. The average Bonchev–Trinajstić information content (AvgIpc) is 2.35. The van der Waals surface area contributed by atoms with Gasteiger partial charge in [-0.15, -0.1) is 6.42 Å². The third kappa shape index (κ3) is 6.18. The summed E-state index contributed by atoms with van der Waals surface area (Å²) in [6.45, 7) is 2.72. The summed E-state index contributed by atoms with van der Waals surface area (Å²) in [4.78, 5) is 0. The van der Waals surface area contributed by atoms with E-state index in [9.17, 15) is 8.78 Å². The van der Waals surface area contributed by atoms with Gasteiger partial charge in [-0.2, -0.15) is 0 Å². The molecule has 0 aliphatic rings. The maximum absolute atomic E-state index is 12.9. The predicted molar refractivity (Wildman–Crippen MR) is 70.7 cm³/mol. The first-order chi connectivity index (χ1) is 9.01. The zero-order chi connectivity index (χ0) is 14.3. The summed E-state index contributed by atoms with van der Waals surface area (Å²) in [7, 11) is 0. The highest BCUT2D eigenvalue weighted by atomic mass is 19.1. The fourth-order valence-electron chi connectivity index (χ4n) is 1.44. The van der Waals surface area contributed by atoms with Gasteiger partial charge < -0.3 is 15.8 Å². The third-order valence-electron chi connectivity index (χ3n) is 2.52. The molecule has 0 spiro atoms. The number of terminal acetylenes is 1. The fraction of sp³-hybridized carbons (Fsp3) is 0.429. The van der Waals surface area contributed by atoms with Gasteiger partial charge in [0, 0.05) is 24.2 Å². The quantitative estimate of drug-likeness (QED) is 0.740. The van der Waals surface area contributed by atoms with E-state index < -0.39 is 11.6 Å². The monoisotopic (exact) mass is 268 g/mol. The molecule has 5 heteroatoms. The standard InChI is InChI=1S/C14H18F2N2O/c1-3-10(2)18-5-4-13(17)9-19-14-7-11(15)6-12(16)8-14/h1,6-8,10,13,18H,4-5,9,17H2,2H3. The van der Waals surface area contributed by atoms with Crippen molar-refractivity contribution in [3.05, 3.63) is 29.8 Å². The smallest absolute Gasteiger partial charge is 0.129 e. The highest BCUT2D eigenvalue weighted by Gasteiger charge is 2.06. The molecule has 0 aromatic heterocycles. The van der Waals surface area contributed by atoms with E-state index in [0.717, 1.165) is 18.2 Å². The lowest BCUT2D eigenvalue weighted by Crippen LogP contribution is -2.34. The van der Waals surface area contributed by atoms with Gasteiger partial charge in [-0.3, -0.25) is 0 Å². The van der Waals surface area contributed by atoms with Crippen LogP contribution in [-0.4, -0.2) is 25.2 Å². The number of ether oxygens (including phenoxy) is 1. The normalized spacial score (nSPS) is 13.6. The second-order valence-corrected chi connectivity index (χ2v) is 4.31. The summed E-state index contributed by atoms with van der Waals surface area (Å²) in [6.07, 6.45) is 5.87. The summed E-state index contributed by atoms with van der Waals surface area (Å²) in [5.74, 6) is 1.33. The first-order valence-electron chi connectivity index (χ1n) is 6.05. The molecule has 104 valence electrons. The Morgan fingerprint density at radius 2 is 2.00 bits per heavy atom. The molecule has 0 bridgehead atoms. The molecule has 0 fully saturated rings. The highest BCUT2D eigenvalue weighted by Crippen LogP contribution is 2.15. The van der Waals surface area contributed by atoms with E-state index in [1.807, 2.05) is 6.92 Å². The summed E-state index contributed by atoms with van der Waals surface area (Å²) in [6, 6.07) is 2.79. The molecule has 0 saturated heterocycles. The van der Waals surface area contributed by atoms with Crippen LogP contribution in [0.5, 0.6) is 5.75 Å². The molecular formula is C14H18F2N2O. The van der Waals surface area contributed by atoms with Crippen LogP contribution in [0.2, 0.25) is 0 Å². The third-order valence-corrected chi connectivity index (χ3v) is 2.52. The van der Waals surface area contributed by atoms with Crippen LogP contribution in [0.25, 0.3) is 0 Å². The Kier molecular flexibility index (Phi) is 6.26. The van der Waals surface area contributed by atoms with Gasteiger partial charge in [-0.25, -0.2) is 8.78 Å². The molecule has 0 heterocycles.